The molecule has 5 heteroatoms. The Labute approximate surface area is 106 Å². The zero-order chi connectivity index (χ0) is 12.9. The SMILES string of the molecule is NC(=O)N(CC(=O)O)C1C2CC3CC(C2)CC1C3. The van der Waals surface area contributed by atoms with Crippen molar-refractivity contribution in [2.45, 2.75) is 38.1 Å². The molecule has 0 atom stereocenters. The highest BCUT2D eigenvalue weighted by Crippen LogP contribution is 2.55. The van der Waals surface area contributed by atoms with Crippen LogP contribution in [0.25, 0.3) is 0 Å². The first kappa shape index (κ1) is 11.8. The topological polar surface area (TPSA) is 83.6 Å². The summed E-state index contributed by atoms with van der Waals surface area (Å²) in [6, 6.07) is -0.499. The van der Waals surface area contributed by atoms with Gasteiger partial charge in [-0.3, -0.25) is 4.79 Å². The van der Waals surface area contributed by atoms with Gasteiger partial charge in [0.25, 0.3) is 0 Å². The first-order valence-electron chi connectivity index (χ1n) is 6.82. The Bertz CT molecular complexity index is 354. The minimum atomic E-state index is -0.970. The van der Waals surface area contributed by atoms with Crippen molar-refractivity contribution in [3.8, 4) is 0 Å². The van der Waals surface area contributed by atoms with Crippen LogP contribution in [-0.4, -0.2) is 34.6 Å². The number of aliphatic carboxylic acids is 1. The predicted molar refractivity (Wildman–Crippen MR) is 64.8 cm³/mol. The Morgan fingerprint density at radius 3 is 1.94 bits per heavy atom. The van der Waals surface area contributed by atoms with Gasteiger partial charge in [-0.25, -0.2) is 4.79 Å². The molecule has 0 aromatic rings. The number of hydrogen-bond donors (Lipinski definition) is 2. The van der Waals surface area contributed by atoms with Gasteiger partial charge in [0.2, 0.25) is 0 Å². The number of nitrogens with zero attached hydrogens (tertiary/aromatic N) is 1. The molecular formula is C13H20N2O3. The fourth-order valence-corrected chi connectivity index (χ4v) is 4.88. The van der Waals surface area contributed by atoms with Gasteiger partial charge in [0.15, 0.2) is 0 Å². The van der Waals surface area contributed by atoms with Gasteiger partial charge in [-0.2, -0.15) is 0 Å². The van der Waals surface area contributed by atoms with Crippen LogP contribution in [0.5, 0.6) is 0 Å². The first-order chi connectivity index (χ1) is 8.54. The van der Waals surface area contributed by atoms with Crippen molar-refractivity contribution in [1.29, 1.82) is 0 Å². The summed E-state index contributed by atoms with van der Waals surface area (Å²) in [4.78, 5) is 23.9. The second kappa shape index (κ2) is 4.14. The number of carbonyl (C=O) groups is 2. The van der Waals surface area contributed by atoms with Crippen molar-refractivity contribution < 1.29 is 14.7 Å². The van der Waals surface area contributed by atoms with E-state index in [1.54, 1.807) is 0 Å². The molecule has 4 aliphatic rings. The Kier molecular flexibility index (Phi) is 2.72. The van der Waals surface area contributed by atoms with Crippen molar-refractivity contribution in [2.24, 2.45) is 29.4 Å². The van der Waals surface area contributed by atoms with Crippen LogP contribution in [-0.2, 0) is 4.79 Å². The Morgan fingerprint density at radius 1 is 1.06 bits per heavy atom. The van der Waals surface area contributed by atoms with Gasteiger partial charge in [-0.05, 0) is 55.8 Å². The highest BCUT2D eigenvalue weighted by molar-refractivity contribution is 5.79. The number of hydrogen-bond acceptors (Lipinski definition) is 2. The summed E-state index contributed by atoms with van der Waals surface area (Å²) in [6.07, 6.45) is 5.96. The molecule has 3 N–H and O–H groups in total. The molecule has 0 spiro atoms. The van der Waals surface area contributed by atoms with E-state index in [4.69, 9.17) is 10.8 Å². The quantitative estimate of drug-likeness (QED) is 0.793. The van der Waals surface area contributed by atoms with Crippen molar-refractivity contribution in [3.63, 3.8) is 0 Å². The van der Waals surface area contributed by atoms with Crippen molar-refractivity contribution >= 4 is 12.0 Å². The third kappa shape index (κ3) is 1.85. The summed E-state index contributed by atoms with van der Waals surface area (Å²) in [7, 11) is 0. The third-order valence-electron chi connectivity index (χ3n) is 5.13. The molecule has 0 unspecified atom stereocenters. The first-order valence-corrected chi connectivity index (χ1v) is 6.82. The van der Waals surface area contributed by atoms with Gasteiger partial charge in [0, 0.05) is 6.04 Å². The molecule has 0 radical (unpaired) electrons. The standard InChI is InChI=1S/C13H20N2O3/c14-13(18)15(6-11(16)17)12-9-2-7-1-8(4-9)5-10(12)3-7/h7-10,12H,1-6H2,(H2,14,18)(H,16,17). The summed E-state index contributed by atoms with van der Waals surface area (Å²) < 4.78 is 0. The van der Waals surface area contributed by atoms with Crippen LogP contribution in [0, 0.1) is 23.7 Å². The minimum Gasteiger partial charge on any atom is -0.480 e. The van der Waals surface area contributed by atoms with Crippen LogP contribution in [0.1, 0.15) is 32.1 Å². The van der Waals surface area contributed by atoms with E-state index in [1.807, 2.05) is 0 Å². The van der Waals surface area contributed by atoms with Gasteiger partial charge < -0.3 is 15.7 Å². The van der Waals surface area contributed by atoms with E-state index in [-0.39, 0.29) is 12.6 Å². The van der Waals surface area contributed by atoms with Crippen LogP contribution in [0.3, 0.4) is 0 Å². The molecule has 100 valence electrons. The van der Waals surface area contributed by atoms with Crippen molar-refractivity contribution in [3.05, 3.63) is 0 Å². The molecule has 0 heterocycles. The molecule has 0 saturated heterocycles. The molecule has 0 aromatic carbocycles. The fourth-order valence-electron chi connectivity index (χ4n) is 4.88. The van der Waals surface area contributed by atoms with Gasteiger partial charge in [0.1, 0.15) is 6.54 Å². The van der Waals surface area contributed by atoms with E-state index in [9.17, 15) is 9.59 Å². The van der Waals surface area contributed by atoms with E-state index in [0.717, 1.165) is 37.5 Å². The van der Waals surface area contributed by atoms with Crippen molar-refractivity contribution in [1.82, 2.24) is 4.90 Å². The Morgan fingerprint density at radius 2 is 1.56 bits per heavy atom. The molecule has 0 aromatic heterocycles. The average Bonchev–Trinajstić information content (AvgIpc) is 2.25. The Hall–Kier alpha value is -1.26. The van der Waals surface area contributed by atoms with E-state index < -0.39 is 12.0 Å². The number of rotatable bonds is 3. The van der Waals surface area contributed by atoms with E-state index in [1.165, 1.54) is 11.3 Å². The largest absolute Gasteiger partial charge is 0.480 e. The average molecular weight is 252 g/mol. The molecule has 4 saturated carbocycles. The number of carbonyl (C=O) groups excluding carboxylic acids is 1. The molecule has 4 fully saturated rings. The number of urea groups is 1. The van der Waals surface area contributed by atoms with Crippen LogP contribution in [0.15, 0.2) is 0 Å². The number of nitrogens with two attached hydrogens (primary N) is 1. The molecule has 0 aliphatic heterocycles. The summed E-state index contributed by atoms with van der Waals surface area (Å²) in [5, 5.41) is 8.94. The third-order valence-corrected chi connectivity index (χ3v) is 5.13. The van der Waals surface area contributed by atoms with E-state index in [0.29, 0.717) is 11.8 Å². The Balaban J connectivity index is 1.81. The van der Waals surface area contributed by atoms with Gasteiger partial charge in [-0.1, -0.05) is 0 Å². The highest BCUT2D eigenvalue weighted by atomic mass is 16.4. The zero-order valence-corrected chi connectivity index (χ0v) is 10.4. The second-order valence-electron chi connectivity index (χ2n) is 6.28. The fraction of sp³-hybridized carbons (Fsp3) is 0.846. The molecule has 18 heavy (non-hydrogen) atoms. The summed E-state index contributed by atoms with van der Waals surface area (Å²) >= 11 is 0. The monoisotopic (exact) mass is 252 g/mol. The van der Waals surface area contributed by atoms with Crippen LogP contribution in [0.4, 0.5) is 4.79 Å². The number of primary amides is 1. The maximum atomic E-state index is 11.5. The smallest absolute Gasteiger partial charge is 0.323 e. The summed E-state index contributed by atoms with van der Waals surface area (Å²) in [5.41, 5.74) is 5.39. The minimum absolute atomic E-state index is 0.0754. The normalized spacial score (nSPS) is 40.8. The second-order valence-corrected chi connectivity index (χ2v) is 6.28. The highest BCUT2D eigenvalue weighted by Gasteiger charge is 2.51. The van der Waals surface area contributed by atoms with Crippen LogP contribution in [0.2, 0.25) is 0 Å². The lowest BCUT2D eigenvalue weighted by atomic mass is 9.54. The molecule has 4 rings (SSSR count). The van der Waals surface area contributed by atoms with Crippen molar-refractivity contribution in [2.75, 3.05) is 6.54 Å². The van der Waals surface area contributed by atoms with Crippen LogP contribution >= 0.6 is 0 Å². The van der Waals surface area contributed by atoms with E-state index in [2.05, 4.69) is 0 Å². The number of amides is 2. The van der Waals surface area contributed by atoms with Crippen LogP contribution < -0.4 is 5.73 Å². The molecule has 4 aliphatic carbocycles. The summed E-state index contributed by atoms with van der Waals surface area (Å²) in [6.45, 7) is -0.248. The lowest BCUT2D eigenvalue weighted by Crippen LogP contribution is -2.59. The maximum Gasteiger partial charge on any atom is 0.323 e. The van der Waals surface area contributed by atoms with Gasteiger partial charge in [0.05, 0.1) is 0 Å². The molecule has 5 nitrogen and oxygen atoms in total. The zero-order valence-electron chi connectivity index (χ0n) is 10.4. The lowest BCUT2D eigenvalue weighted by Gasteiger charge is -2.56. The summed E-state index contributed by atoms with van der Waals surface area (Å²) in [5.74, 6) is 1.61. The molecular weight excluding hydrogens is 232 g/mol. The number of carboxylic acid groups (broad SMARTS) is 1. The predicted octanol–water partition coefficient (Wildman–Crippen LogP) is 1.28. The maximum absolute atomic E-state index is 11.5. The van der Waals surface area contributed by atoms with Gasteiger partial charge >= 0.3 is 12.0 Å². The van der Waals surface area contributed by atoms with Gasteiger partial charge in [-0.15, -0.1) is 0 Å². The lowest BCUT2D eigenvalue weighted by molar-refractivity contribution is -0.140. The molecule has 2 amide bonds. The molecule has 4 bridgehead atoms. The van der Waals surface area contributed by atoms with E-state index >= 15 is 0 Å². The number of carboxylic acids is 1.